The van der Waals surface area contributed by atoms with Crippen LogP contribution in [0, 0.1) is 5.41 Å². The molecule has 0 aromatic carbocycles. The Morgan fingerprint density at radius 1 is 1.00 bits per heavy atom. The largest absolute Gasteiger partial charge is 0.339 e. The Hall–Kier alpha value is -0.610. The van der Waals surface area contributed by atoms with Gasteiger partial charge in [-0.1, -0.05) is 12.8 Å². The molecule has 0 aromatic rings. The van der Waals surface area contributed by atoms with Crippen LogP contribution >= 0.6 is 0 Å². The number of piperazine rings is 1. The molecule has 3 rings (SSSR count). The molecule has 1 N–H and O–H groups in total. The van der Waals surface area contributed by atoms with E-state index in [-0.39, 0.29) is 6.04 Å². The molecule has 2 aliphatic heterocycles. The van der Waals surface area contributed by atoms with E-state index in [1.54, 1.807) is 0 Å². The number of piperidine rings is 1. The van der Waals surface area contributed by atoms with Crippen molar-refractivity contribution < 1.29 is 4.79 Å². The van der Waals surface area contributed by atoms with Crippen molar-refractivity contribution in [1.29, 1.82) is 0 Å². The molecule has 20 heavy (non-hydrogen) atoms. The van der Waals surface area contributed by atoms with E-state index >= 15 is 0 Å². The molecule has 1 amide bonds. The van der Waals surface area contributed by atoms with Crippen LogP contribution in [-0.2, 0) is 4.79 Å². The fourth-order valence-corrected chi connectivity index (χ4v) is 4.32. The van der Waals surface area contributed by atoms with Gasteiger partial charge < -0.3 is 10.2 Å². The van der Waals surface area contributed by atoms with E-state index in [0.29, 0.717) is 11.3 Å². The zero-order chi connectivity index (χ0) is 14.0. The topological polar surface area (TPSA) is 35.6 Å². The van der Waals surface area contributed by atoms with E-state index in [4.69, 9.17) is 0 Å². The Labute approximate surface area is 122 Å². The summed E-state index contributed by atoms with van der Waals surface area (Å²) in [6, 6.07) is 0.0758. The molecular formula is C16H29N3O. The summed E-state index contributed by atoms with van der Waals surface area (Å²) < 4.78 is 0. The number of nitrogens with one attached hydrogen (secondary N) is 1. The predicted octanol–water partition coefficient (Wildman–Crippen LogP) is 1.46. The summed E-state index contributed by atoms with van der Waals surface area (Å²) in [5, 5.41) is 3.31. The molecule has 0 aromatic heterocycles. The highest BCUT2D eigenvalue weighted by Crippen LogP contribution is 2.46. The van der Waals surface area contributed by atoms with Crippen molar-refractivity contribution in [2.45, 2.75) is 51.5 Å². The minimum atomic E-state index is 0.0758. The Kier molecular flexibility index (Phi) is 4.32. The Morgan fingerprint density at radius 3 is 2.20 bits per heavy atom. The van der Waals surface area contributed by atoms with Gasteiger partial charge in [-0.3, -0.25) is 9.69 Å². The number of hydrogen-bond donors (Lipinski definition) is 1. The average molecular weight is 279 g/mol. The summed E-state index contributed by atoms with van der Waals surface area (Å²) in [4.78, 5) is 17.0. The van der Waals surface area contributed by atoms with Gasteiger partial charge in [0.25, 0.3) is 0 Å². The van der Waals surface area contributed by atoms with Crippen LogP contribution in [0.4, 0.5) is 0 Å². The Balaban J connectivity index is 1.52. The van der Waals surface area contributed by atoms with Crippen molar-refractivity contribution in [3.05, 3.63) is 0 Å². The van der Waals surface area contributed by atoms with Gasteiger partial charge >= 0.3 is 0 Å². The first-order valence-electron chi connectivity index (χ1n) is 8.44. The highest BCUT2D eigenvalue weighted by Gasteiger charge is 2.39. The third-order valence-electron chi connectivity index (χ3n) is 5.86. The van der Waals surface area contributed by atoms with Gasteiger partial charge in [0, 0.05) is 26.2 Å². The fourth-order valence-electron chi connectivity index (χ4n) is 4.32. The molecule has 0 bridgehead atoms. The maximum atomic E-state index is 12.6. The molecule has 3 fully saturated rings. The van der Waals surface area contributed by atoms with E-state index in [9.17, 15) is 4.79 Å². The van der Waals surface area contributed by atoms with Crippen LogP contribution in [0.1, 0.15) is 45.4 Å². The van der Waals surface area contributed by atoms with Gasteiger partial charge in [0.2, 0.25) is 5.91 Å². The molecule has 4 nitrogen and oxygen atoms in total. The van der Waals surface area contributed by atoms with Crippen molar-refractivity contribution in [3.63, 3.8) is 0 Å². The Morgan fingerprint density at radius 2 is 1.60 bits per heavy atom. The molecule has 0 radical (unpaired) electrons. The molecule has 1 unspecified atom stereocenters. The molecule has 1 atom stereocenters. The first kappa shape index (κ1) is 14.3. The lowest BCUT2D eigenvalue weighted by atomic mass is 9.77. The highest BCUT2D eigenvalue weighted by molar-refractivity contribution is 5.81. The van der Waals surface area contributed by atoms with Crippen LogP contribution in [0.5, 0.6) is 0 Å². The van der Waals surface area contributed by atoms with Gasteiger partial charge in [-0.2, -0.15) is 0 Å². The lowest BCUT2D eigenvalue weighted by Crippen LogP contribution is -2.55. The standard InChI is InChI=1S/C16H29N3O/c1-14(15(20)19-12-8-17-9-13-19)18-10-6-16(7-11-18)4-2-3-5-16/h14,17H,2-13H2,1H3. The van der Waals surface area contributed by atoms with Gasteiger partial charge in [-0.25, -0.2) is 0 Å². The van der Waals surface area contributed by atoms with Gasteiger partial charge in [-0.05, 0) is 51.1 Å². The minimum absolute atomic E-state index is 0.0758. The molecule has 1 spiro atoms. The van der Waals surface area contributed by atoms with Crippen LogP contribution < -0.4 is 5.32 Å². The summed E-state index contributed by atoms with van der Waals surface area (Å²) in [6.45, 7) is 8.00. The number of carbonyl (C=O) groups excluding carboxylic acids is 1. The summed E-state index contributed by atoms with van der Waals surface area (Å²) >= 11 is 0. The van der Waals surface area contributed by atoms with Crippen LogP contribution in [0.15, 0.2) is 0 Å². The van der Waals surface area contributed by atoms with Crippen LogP contribution in [0.2, 0.25) is 0 Å². The van der Waals surface area contributed by atoms with E-state index in [0.717, 1.165) is 39.3 Å². The number of amides is 1. The second kappa shape index (κ2) is 6.02. The third kappa shape index (κ3) is 2.86. The smallest absolute Gasteiger partial charge is 0.239 e. The number of hydrogen-bond acceptors (Lipinski definition) is 3. The van der Waals surface area contributed by atoms with E-state index < -0.39 is 0 Å². The van der Waals surface area contributed by atoms with Crippen LogP contribution in [0.25, 0.3) is 0 Å². The molecule has 2 heterocycles. The summed E-state index contributed by atoms with van der Waals surface area (Å²) in [5.41, 5.74) is 0.647. The van der Waals surface area contributed by atoms with E-state index in [2.05, 4.69) is 17.1 Å². The molecular weight excluding hydrogens is 250 g/mol. The fraction of sp³-hybridized carbons (Fsp3) is 0.938. The molecule has 4 heteroatoms. The van der Waals surface area contributed by atoms with Gasteiger partial charge in [0.1, 0.15) is 0 Å². The van der Waals surface area contributed by atoms with Gasteiger partial charge in [0.05, 0.1) is 6.04 Å². The van der Waals surface area contributed by atoms with Crippen molar-refractivity contribution >= 4 is 5.91 Å². The summed E-state index contributed by atoms with van der Waals surface area (Å²) in [7, 11) is 0. The van der Waals surface area contributed by atoms with Crippen molar-refractivity contribution in [3.8, 4) is 0 Å². The lowest BCUT2D eigenvalue weighted by molar-refractivity contribution is -0.138. The molecule has 1 aliphatic carbocycles. The van der Waals surface area contributed by atoms with E-state index in [1.807, 2.05) is 4.90 Å². The first-order valence-corrected chi connectivity index (χ1v) is 8.44. The quantitative estimate of drug-likeness (QED) is 0.831. The van der Waals surface area contributed by atoms with E-state index in [1.165, 1.54) is 38.5 Å². The van der Waals surface area contributed by atoms with Gasteiger partial charge in [0.15, 0.2) is 0 Å². The molecule has 2 saturated heterocycles. The zero-order valence-corrected chi connectivity index (χ0v) is 12.9. The highest BCUT2D eigenvalue weighted by atomic mass is 16.2. The third-order valence-corrected chi connectivity index (χ3v) is 5.86. The number of rotatable bonds is 2. The zero-order valence-electron chi connectivity index (χ0n) is 12.9. The molecule has 114 valence electrons. The van der Waals surface area contributed by atoms with Crippen molar-refractivity contribution in [2.24, 2.45) is 5.41 Å². The normalized spacial score (nSPS) is 28.8. The van der Waals surface area contributed by atoms with Crippen LogP contribution in [0.3, 0.4) is 0 Å². The average Bonchev–Trinajstić information content (AvgIpc) is 2.96. The summed E-state index contributed by atoms with van der Waals surface area (Å²) in [5.74, 6) is 0.342. The monoisotopic (exact) mass is 279 g/mol. The maximum Gasteiger partial charge on any atom is 0.239 e. The minimum Gasteiger partial charge on any atom is -0.339 e. The first-order chi connectivity index (χ1) is 9.70. The number of carbonyl (C=O) groups is 1. The predicted molar refractivity (Wildman–Crippen MR) is 80.6 cm³/mol. The van der Waals surface area contributed by atoms with Crippen molar-refractivity contribution in [2.75, 3.05) is 39.3 Å². The Bertz CT molecular complexity index is 336. The number of likely N-dealkylation sites (tertiary alicyclic amines) is 1. The SMILES string of the molecule is CC(C(=O)N1CCNCC1)N1CCC2(CCCC2)CC1. The van der Waals surface area contributed by atoms with Crippen LogP contribution in [-0.4, -0.2) is 61.0 Å². The number of nitrogens with zero attached hydrogens (tertiary/aromatic N) is 2. The summed E-state index contributed by atoms with van der Waals surface area (Å²) in [6.07, 6.45) is 8.34. The van der Waals surface area contributed by atoms with Gasteiger partial charge in [-0.15, -0.1) is 0 Å². The molecule has 1 saturated carbocycles. The van der Waals surface area contributed by atoms with Crippen molar-refractivity contribution in [1.82, 2.24) is 15.1 Å². The second-order valence-corrected chi connectivity index (χ2v) is 6.99. The molecule has 3 aliphatic rings. The lowest BCUT2D eigenvalue weighted by Gasteiger charge is -2.42. The maximum absolute atomic E-state index is 12.6. The second-order valence-electron chi connectivity index (χ2n) is 6.99.